The lowest BCUT2D eigenvalue weighted by Gasteiger charge is -2.30. The summed E-state index contributed by atoms with van der Waals surface area (Å²) in [7, 11) is -3.51. The predicted molar refractivity (Wildman–Crippen MR) is 92.5 cm³/mol. The van der Waals surface area contributed by atoms with Crippen LogP contribution in [-0.2, 0) is 14.8 Å². The van der Waals surface area contributed by atoms with Crippen LogP contribution in [0.2, 0.25) is 0 Å². The van der Waals surface area contributed by atoms with Gasteiger partial charge in [0, 0.05) is 25.1 Å². The summed E-state index contributed by atoms with van der Waals surface area (Å²) in [5, 5.41) is 6.41. The number of benzene rings is 1. The molecule has 7 nitrogen and oxygen atoms in total. The maximum Gasteiger partial charge on any atom is 0.243 e. The summed E-state index contributed by atoms with van der Waals surface area (Å²) in [5.74, 6) is -0.0874. The first kappa shape index (κ1) is 17.6. The van der Waals surface area contributed by atoms with Gasteiger partial charge in [-0.3, -0.25) is 10.1 Å². The van der Waals surface area contributed by atoms with Crippen molar-refractivity contribution in [2.75, 3.05) is 18.4 Å². The highest BCUT2D eigenvalue weighted by Crippen LogP contribution is 2.25. The maximum atomic E-state index is 12.7. The Morgan fingerprint density at radius 3 is 2.40 bits per heavy atom. The van der Waals surface area contributed by atoms with Gasteiger partial charge >= 0.3 is 0 Å². The number of piperidine rings is 1. The monoisotopic (exact) mass is 363 g/mol. The highest BCUT2D eigenvalue weighted by atomic mass is 32.2. The molecule has 1 amide bonds. The average Bonchev–Trinajstić information content (AvgIpc) is 3.00. The molecule has 0 atom stereocenters. The van der Waals surface area contributed by atoms with Crippen molar-refractivity contribution in [3.05, 3.63) is 41.6 Å². The van der Waals surface area contributed by atoms with Crippen molar-refractivity contribution in [1.82, 2.24) is 9.46 Å². The van der Waals surface area contributed by atoms with E-state index in [2.05, 4.69) is 10.5 Å². The zero-order valence-electron chi connectivity index (χ0n) is 14.2. The van der Waals surface area contributed by atoms with Gasteiger partial charge in [0.2, 0.25) is 21.8 Å². The number of amides is 1. The van der Waals surface area contributed by atoms with Crippen LogP contribution in [0.25, 0.3) is 0 Å². The molecule has 1 saturated heterocycles. The number of aromatic nitrogens is 1. The van der Waals surface area contributed by atoms with Crippen molar-refractivity contribution in [2.24, 2.45) is 5.92 Å². The number of nitrogens with zero attached hydrogens (tertiary/aromatic N) is 2. The molecule has 134 valence electrons. The standard InChI is InChI=1S/C17H21N3O4S/c1-12-3-5-15(6-4-12)25(22,23)20-9-7-14(8-10-20)17(21)18-16-11-13(2)19-24-16/h3-6,11,14H,7-10H2,1-2H3,(H,18,21). The van der Waals surface area contributed by atoms with E-state index in [0.29, 0.717) is 37.5 Å². The fourth-order valence-corrected chi connectivity index (χ4v) is 4.33. The molecule has 8 heteroatoms. The third-order valence-corrected chi connectivity index (χ3v) is 6.27. The summed E-state index contributed by atoms with van der Waals surface area (Å²) < 4.78 is 31.8. The van der Waals surface area contributed by atoms with Crippen molar-refractivity contribution in [1.29, 1.82) is 0 Å². The zero-order valence-corrected chi connectivity index (χ0v) is 15.0. The highest BCUT2D eigenvalue weighted by Gasteiger charge is 2.32. The van der Waals surface area contributed by atoms with Crippen LogP contribution >= 0.6 is 0 Å². The molecule has 1 aromatic carbocycles. The number of sulfonamides is 1. The SMILES string of the molecule is Cc1ccc(S(=O)(=O)N2CCC(C(=O)Nc3cc(C)no3)CC2)cc1. The molecule has 0 radical (unpaired) electrons. The lowest BCUT2D eigenvalue weighted by molar-refractivity contribution is -0.121. The third-order valence-electron chi connectivity index (χ3n) is 4.36. The minimum Gasteiger partial charge on any atom is -0.338 e. The Morgan fingerprint density at radius 2 is 1.84 bits per heavy atom. The second-order valence-corrected chi connectivity index (χ2v) is 8.25. The number of aryl methyl sites for hydroxylation is 2. The minimum atomic E-state index is -3.51. The van der Waals surface area contributed by atoms with E-state index in [1.807, 2.05) is 6.92 Å². The molecule has 2 heterocycles. The predicted octanol–water partition coefficient (Wildman–Crippen LogP) is 2.33. The van der Waals surface area contributed by atoms with Crippen molar-refractivity contribution in [3.8, 4) is 0 Å². The molecule has 0 aliphatic carbocycles. The molecule has 0 spiro atoms. The summed E-state index contributed by atoms with van der Waals surface area (Å²) >= 11 is 0. The van der Waals surface area contributed by atoms with Gasteiger partial charge in [0.1, 0.15) is 0 Å². The number of carbonyl (C=O) groups excluding carboxylic acids is 1. The van der Waals surface area contributed by atoms with E-state index >= 15 is 0 Å². The molecule has 1 N–H and O–H groups in total. The second-order valence-electron chi connectivity index (χ2n) is 6.31. The van der Waals surface area contributed by atoms with Crippen LogP contribution < -0.4 is 5.32 Å². The molecule has 0 unspecified atom stereocenters. The Morgan fingerprint density at radius 1 is 1.20 bits per heavy atom. The molecule has 0 bridgehead atoms. The van der Waals surface area contributed by atoms with E-state index in [0.717, 1.165) is 5.56 Å². The van der Waals surface area contributed by atoms with E-state index in [4.69, 9.17) is 4.52 Å². The number of nitrogens with one attached hydrogen (secondary N) is 1. The fourth-order valence-electron chi connectivity index (χ4n) is 2.86. The first-order chi connectivity index (χ1) is 11.9. The van der Waals surface area contributed by atoms with E-state index in [-0.39, 0.29) is 16.7 Å². The van der Waals surface area contributed by atoms with Crippen LogP contribution in [0.1, 0.15) is 24.1 Å². The van der Waals surface area contributed by atoms with Crippen molar-refractivity contribution < 1.29 is 17.7 Å². The molecular weight excluding hydrogens is 342 g/mol. The normalized spacial score (nSPS) is 16.7. The second kappa shape index (κ2) is 6.97. The highest BCUT2D eigenvalue weighted by molar-refractivity contribution is 7.89. The lowest BCUT2D eigenvalue weighted by atomic mass is 9.97. The molecule has 1 aliphatic rings. The summed E-state index contributed by atoms with van der Waals surface area (Å²) in [6.07, 6.45) is 0.952. The van der Waals surface area contributed by atoms with Gasteiger partial charge in [-0.1, -0.05) is 22.9 Å². The number of hydrogen-bond donors (Lipinski definition) is 1. The summed E-state index contributed by atoms with van der Waals surface area (Å²) in [6, 6.07) is 8.46. The van der Waals surface area contributed by atoms with Gasteiger partial charge in [-0.25, -0.2) is 8.42 Å². The average molecular weight is 363 g/mol. The topological polar surface area (TPSA) is 92.5 Å². The van der Waals surface area contributed by atoms with Crippen LogP contribution in [0.5, 0.6) is 0 Å². The van der Waals surface area contributed by atoms with Crippen LogP contribution in [0, 0.1) is 19.8 Å². The van der Waals surface area contributed by atoms with Gasteiger partial charge in [-0.2, -0.15) is 4.31 Å². The molecule has 1 fully saturated rings. The smallest absolute Gasteiger partial charge is 0.243 e. The first-order valence-corrected chi connectivity index (χ1v) is 9.61. The Kier molecular flexibility index (Phi) is 4.91. The quantitative estimate of drug-likeness (QED) is 0.900. The van der Waals surface area contributed by atoms with Gasteiger partial charge < -0.3 is 4.52 Å². The summed E-state index contributed by atoms with van der Waals surface area (Å²) in [5.41, 5.74) is 1.70. The van der Waals surface area contributed by atoms with Crippen LogP contribution in [0.15, 0.2) is 39.8 Å². The molecular formula is C17H21N3O4S. The van der Waals surface area contributed by atoms with Crippen LogP contribution in [0.4, 0.5) is 5.88 Å². The first-order valence-electron chi connectivity index (χ1n) is 8.17. The molecule has 3 rings (SSSR count). The Balaban J connectivity index is 1.61. The number of carbonyl (C=O) groups is 1. The fraction of sp³-hybridized carbons (Fsp3) is 0.412. The van der Waals surface area contributed by atoms with Crippen LogP contribution in [0.3, 0.4) is 0 Å². The van der Waals surface area contributed by atoms with Gasteiger partial charge in [-0.15, -0.1) is 0 Å². The minimum absolute atomic E-state index is 0.163. The van der Waals surface area contributed by atoms with Gasteiger partial charge in [-0.05, 0) is 38.8 Å². The van der Waals surface area contributed by atoms with E-state index in [1.54, 1.807) is 37.3 Å². The number of hydrogen-bond acceptors (Lipinski definition) is 5. The number of rotatable bonds is 4. The van der Waals surface area contributed by atoms with Crippen LogP contribution in [-0.4, -0.2) is 36.9 Å². The van der Waals surface area contributed by atoms with Gasteiger partial charge in [0.15, 0.2) is 0 Å². The van der Waals surface area contributed by atoms with Crippen molar-refractivity contribution in [3.63, 3.8) is 0 Å². The third kappa shape index (κ3) is 3.91. The van der Waals surface area contributed by atoms with Gasteiger partial charge in [0.05, 0.1) is 10.6 Å². The Labute approximate surface area is 147 Å². The van der Waals surface area contributed by atoms with E-state index in [9.17, 15) is 13.2 Å². The largest absolute Gasteiger partial charge is 0.338 e. The van der Waals surface area contributed by atoms with E-state index < -0.39 is 10.0 Å². The maximum absolute atomic E-state index is 12.7. The van der Waals surface area contributed by atoms with Gasteiger partial charge in [0.25, 0.3) is 0 Å². The summed E-state index contributed by atoms with van der Waals surface area (Å²) in [4.78, 5) is 12.6. The lowest BCUT2D eigenvalue weighted by Crippen LogP contribution is -2.41. The summed E-state index contributed by atoms with van der Waals surface area (Å²) in [6.45, 7) is 4.33. The Hall–Kier alpha value is -2.19. The molecule has 0 saturated carbocycles. The zero-order chi connectivity index (χ0) is 18.0. The number of anilines is 1. The molecule has 2 aromatic rings. The van der Waals surface area contributed by atoms with E-state index in [1.165, 1.54) is 4.31 Å². The van der Waals surface area contributed by atoms with Crippen molar-refractivity contribution >= 4 is 21.8 Å². The molecule has 1 aromatic heterocycles. The van der Waals surface area contributed by atoms with Crippen molar-refractivity contribution in [2.45, 2.75) is 31.6 Å². The molecule has 25 heavy (non-hydrogen) atoms. The Bertz CT molecular complexity index is 850. The molecule has 1 aliphatic heterocycles.